The van der Waals surface area contributed by atoms with Crippen LogP contribution in [-0.4, -0.2) is 5.11 Å². The lowest BCUT2D eigenvalue weighted by atomic mass is 10.0. The number of phenols is 1. The van der Waals surface area contributed by atoms with Crippen LogP contribution in [0.3, 0.4) is 0 Å². The van der Waals surface area contributed by atoms with Gasteiger partial charge in [-0.2, -0.15) is 0 Å². The number of para-hydroxylation sites is 2. The first-order valence-electron chi connectivity index (χ1n) is 7.69. The van der Waals surface area contributed by atoms with Crippen LogP contribution in [0.25, 0.3) is 22.3 Å². The fourth-order valence-electron chi connectivity index (χ4n) is 2.64. The molecule has 1 N–H and O–H groups in total. The first-order valence-corrected chi connectivity index (χ1v) is 7.69. The second-order valence-electron chi connectivity index (χ2n) is 5.46. The highest BCUT2D eigenvalue weighted by molar-refractivity contribution is 5.84. The molecule has 0 unspecified atom stereocenters. The monoisotopic (exact) mass is 310 g/mol. The van der Waals surface area contributed by atoms with E-state index in [1.165, 1.54) is 0 Å². The molecular weight excluding hydrogens is 296 g/mol. The molecule has 0 amide bonds. The van der Waals surface area contributed by atoms with E-state index >= 15 is 0 Å². The zero-order chi connectivity index (χ0) is 16.4. The van der Waals surface area contributed by atoms with Crippen LogP contribution < -0.4 is 0 Å². The van der Waals surface area contributed by atoms with E-state index in [9.17, 15) is 5.11 Å². The molecule has 0 saturated heterocycles. The van der Waals surface area contributed by atoms with Gasteiger partial charge in [-0.15, -0.1) is 0 Å². The summed E-state index contributed by atoms with van der Waals surface area (Å²) in [5.41, 5.74) is 3.27. The summed E-state index contributed by atoms with van der Waals surface area (Å²) in [7, 11) is 0. The van der Waals surface area contributed by atoms with E-state index in [1.807, 2.05) is 60.7 Å². The number of furan rings is 1. The molecule has 0 spiro atoms. The molecule has 0 atom stereocenters. The molecule has 0 fully saturated rings. The topological polar surface area (TPSA) is 33.4 Å². The van der Waals surface area contributed by atoms with Crippen LogP contribution in [0.15, 0.2) is 83.3 Å². The van der Waals surface area contributed by atoms with E-state index in [0.29, 0.717) is 5.56 Å². The number of benzene rings is 3. The van der Waals surface area contributed by atoms with Crippen LogP contribution in [0.1, 0.15) is 11.1 Å². The van der Waals surface area contributed by atoms with Crippen LogP contribution in [0.5, 0.6) is 5.75 Å². The van der Waals surface area contributed by atoms with E-state index in [2.05, 4.69) is 11.8 Å². The standard InChI is InChI=1S/C22H14O2/c23-20-11-5-2-8-17(20)14-13-16-7-1-4-10-19(16)22-15-18-9-3-6-12-21(18)24-22/h1-12,15,23H. The van der Waals surface area contributed by atoms with E-state index in [-0.39, 0.29) is 5.75 Å². The number of phenolic OH excluding ortho intramolecular Hbond substituents is 1. The summed E-state index contributed by atoms with van der Waals surface area (Å²) in [6.45, 7) is 0. The number of fused-ring (bicyclic) bond motifs is 1. The van der Waals surface area contributed by atoms with Gasteiger partial charge < -0.3 is 9.52 Å². The molecule has 2 nitrogen and oxygen atoms in total. The van der Waals surface area contributed by atoms with Crippen LogP contribution >= 0.6 is 0 Å². The normalized spacial score (nSPS) is 10.3. The molecule has 2 heteroatoms. The molecule has 0 saturated carbocycles. The Labute approximate surface area is 140 Å². The lowest BCUT2D eigenvalue weighted by Gasteiger charge is -2.00. The second kappa shape index (κ2) is 5.98. The maximum absolute atomic E-state index is 9.85. The molecule has 4 rings (SSSR count). The predicted octanol–water partition coefficient (Wildman–Crippen LogP) is 5.21. The van der Waals surface area contributed by atoms with Crippen molar-refractivity contribution in [2.24, 2.45) is 0 Å². The molecule has 0 aliphatic rings. The van der Waals surface area contributed by atoms with E-state index in [1.54, 1.807) is 18.2 Å². The third kappa shape index (κ3) is 2.64. The largest absolute Gasteiger partial charge is 0.507 e. The van der Waals surface area contributed by atoms with E-state index in [4.69, 9.17) is 4.42 Å². The Morgan fingerprint density at radius 3 is 2.21 bits per heavy atom. The Morgan fingerprint density at radius 1 is 0.708 bits per heavy atom. The van der Waals surface area contributed by atoms with Crippen molar-refractivity contribution in [3.8, 4) is 28.9 Å². The molecule has 0 aliphatic heterocycles. The van der Waals surface area contributed by atoms with Gasteiger partial charge in [-0.05, 0) is 36.4 Å². The third-order valence-corrected chi connectivity index (χ3v) is 3.85. The first kappa shape index (κ1) is 14.2. The molecule has 114 valence electrons. The highest BCUT2D eigenvalue weighted by Crippen LogP contribution is 2.29. The van der Waals surface area contributed by atoms with Crippen molar-refractivity contribution < 1.29 is 9.52 Å². The molecular formula is C22H14O2. The zero-order valence-electron chi connectivity index (χ0n) is 12.9. The maximum atomic E-state index is 9.85. The van der Waals surface area contributed by atoms with Crippen molar-refractivity contribution in [2.45, 2.75) is 0 Å². The van der Waals surface area contributed by atoms with Gasteiger partial charge in [-0.1, -0.05) is 54.3 Å². The lowest BCUT2D eigenvalue weighted by Crippen LogP contribution is -1.82. The average Bonchev–Trinajstić information content (AvgIpc) is 3.05. The van der Waals surface area contributed by atoms with Crippen molar-refractivity contribution in [1.82, 2.24) is 0 Å². The summed E-state index contributed by atoms with van der Waals surface area (Å²) in [6, 6.07) is 24.9. The Morgan fingerprint density at radius 2 is 1.38 bits per heavy atom. The Hall–Kier alpha value is -3.44. The molecule has 0 radical (unpaired) electrons. The van der Waals surface area contributed by atoms with Gasteiger partial charge in [0.05, 0.1) is 5.56 Å². The van der Waals surface area contributed by atoms with E-state index < -0.39 is 0 Å². The van der Waals surface area contributed by atoms with Gasteiger partial charge in [0.15, 0.2) is 0 Å². The summed E-state index contributed by atoms with van der Waals surface area (Å²) < 4.78 is 5.95. The fourth-order valence-corrected chi connectivity index (χ4v) is 2.64. The van der Waals surface area contributed by atoms with Crippen LogP contribution in [0.2, 0.25) is 0 Å². The lowest BCUT2D eigenvalue weighted by molar-refractivity contribution is 0.473. The SMILES string of the molecule is Oc1ccccc1C#Cc1ccccc1-c1cc2ccccc2o1. The van der Waals surface area contributed by atoms with Crippen LogP contribution in [-0.2, 0) is 0 Å². The summed E-state index contributed by atoms with van der Waals surface area (Å²) in [5, 5.41) is 10.9. The molecule has 1 heterocycles. The van der Waals surface area contributed by atoms with E-state index in [0.717, 1.165) is 27.9 Å². The summed E-state index contributed by atoms with van der Waals surface area (Å²) >= 11 is 0. The minimum atomic E-state index is 0.186. The molecule has 24 heavy (non-hydrogen) atoms. The van der Waals surface area contributed by atoms with Crippen molar-refractivity contribution in [1.29, 1.82) is 0 Å². The minimum absolute atomic E-state index is 0.186. The highest BCUT2D eigenvalue weighted by atomic mass is 16.3. The number of hydrogen-bond acceptors (Lipinski definition) is 2. The van der Waals surface area contributed by atoms with Gasteiger partial charge in [0.2, 0.25) is 0 Å². The van der Waals surface area contributed by atoms with Gasteiger partial charge in [0.1, 0.15) is 17.1 Å². The van der Waals surface area contributed by atoms with Crippen LogP contribution in [0, 0.1) is 11.8 Å². The number of aromatic hydroxyl groups is 1. The second-order valence-corrected chi connectivity index (χ2v) is 5.46. The van der Waals surface area contributed by atoms with Crippen molar-refractivity contribution in [3.63, 3.8) is 0 Å². The molecule has 1 aromatic heterocycles. The van der Waals surface area contributed by atoms with Crippen molar-refractivity contribution in [3.05, 3.63) is 90.0 Å². The quantitative estimate of drug-likeness (QED) is 0.490. The minimum Gasteiger partial charge on any atom is -0.507 e. The van der Waals surface area contributed by atoms with Gasteiger partial charge in [0.25, 0.3) is 0 Å². The zero-order valence-corrected chi connectivity index (χ0v) is 12.9. The Kier molecular flexibility index (Phi) is 3.53. The Balaban J connectivity index is 1.80. The Bertz CT molecular complexity index is 1040. The first-order chi connectivity index (χ1) is 11.8. The number of rotatable bonds is 1. The maximum Gasteiger partial charge on any atom is 0.136 e. The molecule has 3 aromatic carbocycles. The smallest absolute Gasteiger partial charge is 0.136 e. The molecule has 4 aromatic rings. The average molecular weight is 310 g/mol. The summed E-state index contributed by atoms with van der Waals surface area (Å²) in [5.74, 6) is 7.15. The number of hydrogen-bond donors (Lipinski definition) is 1. The van der Waals surface area contributed by atoms with Gasteiger partial charge in [-0.3, -0.25) is 0 Å². The van der Waals surface area contributed by atoms with Gasteiger partial charge in [-0.25, -0.2) is 0 Å². The van der Waals surface area contributed by atoms with Gasteiger partial charge >= 0.3 is 0 Å². The fraction of sp³-hybridized carbons (Fsp3) is 0. The summed E-state index contributed by atoms with van der Waals surface area (Å²) in [6.07, 6.45) is 0. The van der Waals surface area contributed by atoms with Crippen molar-refractivity contribution >= 4 is 11.0 Å². The molecule has 0 aliphatic carbocycles. The third-order valence-electron chi connectivity index (χ3n) is 3.85. The van der Waals surface area contributed by atoms with Crippen molar-refractivity contribution in [2.75, 3.05) is 0 Å². The summed E-state index contributed by atoms with van der Waals surface area (Å²) in [4.78, 5) is 0. The van der Waals surface area contributed by atoms with Crippen LogP contribution in [0.4, 0.5) is 0 Å². The molecule has 0 bridgehead atoms. The predicted molar refractivity (Wildman–Crippen MR) is 95.7 cm³/mol. The van der Waals surface area contributed by atoms with Gasteiger partial charge in [0, 0.05) is 16.5 Å². The highest BCUT2D eigenvalue weighted by Gasteiger charge is 2.09.